The molecule has 0 amide bonds. The number of rotatable bonds is 6. The van der Waals surface area contributed by atoms with Crippen molar-refractivity contribution in [2.24, 2.45) is 17.3 Å². The van der Waals surface area contributed by atoms with Gasteiger partial charge in [-0.15, -0.1) is 0 Å². The number of esters is 1. The highest BCUT2D eigenvalue weighted by molar-refractivity contribution is 5.80. The molecule has 0 aliphatic rings. The van der Waals surface area contributed by atoms with Crippen LogP contribution in [0, 0.1) is 28.6 Å². The second-order valence-corrected chi connectivity index (χ2v) is 4.32. The van der Waals surface area contributed by atoms with E-state index >= 15 is 0 Å². The Bertz CT molecular complexity index is 258. The maximum Gasteiger partial charge on any atom is 0.327 e. The molecule has 0 heterocycles. The van der Waals surface area contributed by atoms with Crippen LogP contribution >= 0.6 is 0 Å². The van der Waals surface area contributed by atoms with Crippen LogP contribution in [0.1, 0.15) is 47.5 Å². The van der Waals surface area contributed by atoms with Crippen LogP contribution in [0.4, 0.5) is 0 Å². The van der Waals surface area contributed by atoms with E-state index in [1.165, 1.54) is 0 Å². The molecule has 0 aliphatic carbocycles. The van der Waals surface area contributed by atoms with Crippen LogP contribution in [0.5, 0.6) is 0 Å². The highest BCUT2D eigenvalue weighted by Crippen LogP contribution is 2.40. The van der Waals surface area contributed by atoms with Crippen LogP contribution in [-0.4, -0.2) is 12.6 Å². The third kappa shape index (κ3) is 2.55. The first-order chi connectivity index (χ1) is 7.50. The summed E-state index contributed by atoms with van der Waals surface area (Å²) in [4.78, 5) is 12.1. The van der Waals surface area contributed by atoms with Gasteiger partial charge in [-0.05, 0) is 18.8 Å². The van der Waals surface area contributed by atoms with Gasteiger partial charge < -0.3 is 4.74 Å². The Balaban J connectivity index is 5.29. The summed E-state index contributed by atoms with van der Waals surface area (Å²) in [5.74, 6) is -0.320. The summed E-state index contributed by atoms with van der Waals surface area (Å²) < 4.78 is 5.08. The highest BCUT2D eigenvalue weighted by atomic mass is 16.5. The van der Waals surface area contributed by atoms with E-state index in [-0.39, 0.29) is 17.8 Å². The van der Waals surface area contributed by atoms with Crippen LogP contribution in [0.25, 0.3) is 0 Å². The first-order valence-corrected chi connectivity index (χ1v) is 6.09. The molecule has 3 heteroatoms. The molecule has 0 radical (unpaired) electrons. The Morgan fingerprint density at radius 2 is 1.69 bits per heavy atom. The van der Waals surface area contributed by atoms with Crippen molar-refractivity contribution in [1.82, 2.24) is 0 Å². The smallest absolute Gasteiger partial charge is 0.327 e. The molecule has 0 spiro atoms. The van der Waals surface area contributed by atoms with Crippen LogP contribution in [0.3, 0.4) is 0 Å². The first kappa shape index (κ1) is 15.0. The van der Waals surface area contributed by atoms with Crippen molar-refractivity contribution in [3.8, 4) is 6.07 Å². The Labute approximate surface area is 98.8 Å². The van der Waals surface area contributed by atoms with Crippen molar-refractivity contribution in [1.29, 1.82) is 5.26 Å². The van der Waals surface area contributed by atoms with E-state index in [1.54, 1.807) is 6.92 Å². The van der Waals surface area contributed by atoms with E-state index in [0.717, 1.165) is 12.8 Å². The third-order valence-electron chi connectivity index (χ3n) is 3.58. The van der Waals surface area contributed by atoms with E-state index in [1.807, 2.05) is 27.7 Å². The quantitative estimate of drug-likeness (QED) is 0.652. The predicted molar refractivity (Wildman–Crippen MR) is 63.6 cm³/mol. The average molecular weight is 225 g/mol. The predicted octanol–water partition coefficient (Wildman–Crippen LogP) is 3.15. The first-order valence-electron chi connectivity index (χ1n) is 6.09. The lowest BCUT2D eigenvalue weighted by Gasteiger charge is -2.34. The summed E-state index contributed by atoms with van der Waals surface area (Å²) in [5.41, 5.74) is -0.987. The topological polar surface area (TPSA) is 50.1 Å². The fourth-order valence-electron chi connectivity index (χ4n) is 2.05. The van der Waals surface area contributed by atoms with Gasteiger partial charge in [-0.1, -0.05) is 40.5 Å². The lowest BCUT2D eigenvalue weighted by Crippen LogP contribution is -2.43. The fourth-order valence-corrected chi connectivity index (χ4v) is 2.05. The number of carbonyl (C=O) groups is 1. The van der Waals surface area contributed by atoms with Crippen LogP contribution in [0.15, 0.2) is 0 Å². The number of hydrogen-bond acceptors (Lipinski definition) is 3. The molecule has 0 saturated heterocycles. The van der Waals surface area contributed by atoms with Gasteiger partial charge >= 0.3 is 5.97 Å². The van der Waals surface area contributed by atoms with Crippen molar-refractivity contribution < 1.29 is 9.53 Å². The van der Waals surface area contributed by atoms with E-state index in [9.17, 15) is 10.1 Å². The summed E-state index contributed by atoms with van der Waals surface area (Å²) in [6.07, 6.45) is 1.60. The Kier molecular flexibility index (Phi) is 6.10. The van der Waals surface area contributed by atoms with Gasteiger partial charge in [0.2, 0.25) is 0 Å². The average Bonchev–Trinajstić information content (AvgIpc) is 2.30. The molecule has 0 aromatic rings. The molecule has 2 atom stereocenters. The minimum absolute atomic E-state index is 0.0199. The van der Waals surface area contributed by atoms with Gasteiger partial charge in [-0.3, -0.25) is 4.79 Å². The van der Waals surface area contributed by atoms with Crippen molar-refractivity contribution in [3.63, 3.8) is 0 Å². The minimum Gasteiger partial charge on any atom is -0.465 e. The molecule has 0 aromatic carbocycles. The van der Waals surface area contributed by atoms with E-state index < -0.39 is 5.41 Å². The summed E-state index contributed by atoms with van der Waals surface area (Å²) in [5, 5.41) is 9.43. The molecule has 3 nitrogen and oxygen atoms in total. The van der Waals surface area contributed by atoms with E-state index in [0.29, 0.717) is 6.61 Å². The SMILES string of the molecule is CCOC(=O)C(C#N)([C@@H](C)CC)[C@@H](C)CC. The second kappa shape index (κ2) is 6.52. The molecular formula is C13H23NO2. The lowest BCUT2D eigenvalue weighted by atomic mass is 9.67. The van der Waals surface area contributed by atoms with Crippen LogP contribution < -0.4 is 0 Å². The molecule has 16 heavy (non-hydrogen) atoms. The van der Waals surface area contributed by atoms with Crippen molar-refractivity contribution in [2.75, 3.05) is 6.61 Å². The molecule has 0 N–H and O–H groups in total. The minimum atomic E-state index is -0.987. The molecular weight excluding hydrogens is 202 g/mol. The van der Waals surface area contributed by atoms with Crippen molar-refractivity contribution in [2.45, 2.75) is 47.5 Å². The molecule has 0 aromatic heterocycles. The zero-order chi connectivity index (χ0) is 12.8. The second-order valence-electron chi connectivity index (χ2n) is 4.32. The van der Waals surface area contributed by atoms with E-state index in [4.69, 9.17) is 4.74 Å². The van der Waals surface area contributed by atoms with Gasteiger partial charge in [0.25, 0.3) is 0 Å². The molecule has 0 bridgehead atoms. The fraction of sp³-hybridized carbons (Fsp3) is 0.846. The molecule has 0 aliphatic heterocycles. The van der Waals surface area contributed by atoms with Crippen LogP contribution in [0.2, 0.25) is 0 Å². The monoisotopic (exact) mass is 225 g/mol. The zero-order valence-electron chi connectivity index (χ0n) is 11.0. The van der Waals surface area contributed by atoms with Gasteiger partial charge in [-0.25, -0.2) is 0 Å². The molecule has 92 valence electrons. The molecule has 0 fully saturated rings. The van der Waals surface area contributed by atoms with Gasteiger partial charge in [-0.2, -0.15) is 5.26 Å². The lowest BCUT2D eigenvalue weighted by molar-refractivity contribution is -0.158. The number of hydrogen-bond donors (Lipinski definition) is 0. The maximum atomic E-state index is 12.1. The largest absolute Gasteiger partial charge is 0.465 e. The maximum absolute atomic E-state index is 12.1. The molecule has 0 saturated carbocycles. The standard InChI is InChI=1S/C13H23NO2/c1-6-10(4)13(9-14,11(5)7-2)12(15)16-8-3/h10-11H,6-8H2,1-5H3/t10-,11-/m0/s1. The number of nitrogens with zero attached hydrogens (tertiary/aromatic N) is 1. The zero-order valence-corrected chi connectivity index (χ0v) is 11.0. The summed E-state index contributed by atoms with van der Waals surface area (Å²) in [7, 11) is 0. The summed E-state index contributed by atoms with van der Waals surface area (Å²) in [6.45, 7) is 10.00. The highest BCUT2D eigenvalue weighted by Gasteiger charge is 2.48. The Hall–Kier alpha value is -1.04. The van der Waals surface area contributed by atoms with Crippen molar-refractivity contribution in [3.05, 3.63) is 0 Å². The normalized spacial score (nSPS) is 15.0. The van der Waals surface area contributed by atoms with Crippen molar-refractivity contribution >= 4 is 5.97 Å². The summed E-state index contributed by atoms with van der Waals surface area (Å²) >= 11 is 0. The third-order valence-corrected chi connectivity index (χ3v) is 3.58. The van der Waals surface area contributed by atoms with Gasteiger partial charge in [0, 0.05) is 0 Å². The number of nitriles is 1. The van der Waals surface area contributed by atoms with E-state index in [2.05, 4.69) is 6.07 Å². The molecule has 0 rings (SSSR count). The Morgan fingerprint density at radius 3 is 1.94 bits per heavy atom. The summed E-state index contributed by atoms with van der Waals surface area (Å²) in [6, 6.07) is 2.23. The van der Waals surface area contributed by atoms with Gasteiger partial charge in [0.15, 0.2) is 5.41 Å². The Morgan fingerprint density at radius 1 is 1.25 bits per heavy atom. The number of ether oxygens (including phenoxy) is 1. The molecule has 0 unspecified atom stereocenters. The van der Waals surface area contributed by atoms with Gasteiger partial charge in [0.05, 0.1) is 12.7 Å². The number of carbonyl (C=O) groups excluding carboxylic acids is 1. The van der Waals surface area contributed by atoms with Crippen LogP contribution in [-0.2, 0) is 9.53 Å². The van der Waals surface area contributed by atoms with Gasteiger partial charge in [0.1, 0.15) is 0 Å².